The van der Waals surface area contributed by atoms with E-state index >= 15 is 0 Å². The van der Waals surface area contributed by atoms with Crippen molar-refractivity contribution in [3.63, 3.8) is 0 Å². The third-order valence-electron chi connectivity index (χ3n) is 4.31. The van der Waals surface area contributed by atoms with Gasteiger partial charge in [0, 0.05) is 50.7 Å². The van der Waals surface area contributed by atoms with Gasteiger partial charge in [0.2, 0.25) is 5.91 Å². The van der Waals surface area contributed by atoms with Crippen LogP contribution >= 0.6 is 24.8 Å². The van der Waals surface area contributed by atoms with Crippen LogP contribution in [0.1, 0.15) is 11.6 Å². The molecule has 1 aromatic heterocycles. The van der Waals surface area contributed by atoms with Gasteiger partial charge < -0.3 is 15.1 Å². The van der Waals surface area contributed by atoms with Gasteiger partial charge in [-0.3, -0.25) is 9.48 Å². The third-order valence-corrected chi connectivity index (χ3v) is 4.31. The van der Waals surface area contributed by atoms with Gasteiger partial charge in [-0.1, -0.05) is 18.2 Å². The summed E-state index contributed by atoms with van der Waals surface area (Å²) in [4.78, 5) is 17.0. The first-order chi connectivity index (χ1) is 11.2. The SMILES string of the molecule is CNC(C(=O)N1CCN(c2ccccc2)CC1)c1cnn(C)c1.Cl.Cl. The molecule has 1 aromatic carbocycles. The van der Waals surface area contributed by atoms with E-state index in [2.05, 4.69) is 27.4 Å². The lowest BCUT2D eigenvalue weighted by molar-refractivity contribution is -0.133. The molecule has 0 aliphatic carbocycles. The van der Waals surface area contributed by atoms with Gasteiger partial charge >= 0.3 is 0 Å². The number of hydrogen-bond donors (Lipinski definition) is 1. The van der Waals surface area contributed by atoms with E-state index in [1.807, 2.05) is 43.4 Å². The Morgan fingerprint density at radius 1 is 1.12 bits per heavy atom. The molecular formula is C17H25Cl2N5O. The Bertz CT molecular complexity index is 656. The Kier molecular flexibility index (Phi) is 8.22. The number of nitrogens with zero attached hydrogens (tertiary/aromatic N) is 4. The average molecular weight is 386 g/mol. The molecule has 1 fully saturated rings. The van der Waals surface area contributed by atoms with E-state index in [1.54, 1.807) is 10.9 Å². The number of nitrogens with one attached hydrogen (secondary N) is 1. The minimum Gasteiger partial charge on any atom is -0.368 e. The summed E-state index contributed by atoms with van der Waals surface area (Å²) in [6.45, 7) is 3.21. The van der Waals surface area contributed by atoms with E-state index in [4.69, 9.17) is 0 Å². The highest BCUT2D eigenvalue weighted by Gasteiger charge is 2.28. The summed E-state index contributed by atoms with van der Waals surface area (Å²) >= 11 is 0. The molecule has 0 spiro atoms. The fourth-order valence-corrected chi connectivity index (χ4v) is 3.03. The van der Waals surface area contributed by atoms with Gasteiger partial charge in [-0.15, -0.1) is 24.8 Å². The second kappa shape index (κ2) is 9.65. The minimum absolute atomic E-state index is 0. The van der Waals surface area contributed by atoms with Crippen molar-refractivity contribution >= 4 is 36.4 Å². The molecule has 6 nitrogen and oxygen atoms in total. The molecule has 2 heterocycles. The van der Waals surface area contributed by atoms with Gasteiger partial charge in [-0.2, -0.15) is 5.10 Å². The first kappa shape index (κ1) is 21.3. The van der Waals surface area contributed by atoms with E-state index < -0.39 is 0 Å². The van der Waals surface area contributed by atoms with Gasteiger partial charge in [0.05, 0.1) is 6.20 Å². The quantitative estimate of drug-likeness (QED) is 0.872. The fraction of sp³-hybridized carbons (Fsp3) is 0.412. The van der Waals surface area contributed by atoms with E-state index in [1.165, 1.54) is 5.69 Å². The van der Waals surface area contributed by atoms with E-state index in [9.17, 15) is 4.79 Å². The van der Waals surface area contributed by atoms with Gasteiger partial charge in [0.15, 0.2) is 0 Å². The topological polar surface area (TPSA) is 53.4 Å². The van der Waals surface area contributed by atoms with E-state index in [0.717, 1.165) is 31.7 Å². The van der Waals surface area contributed by atoms with Crippen LogP contribution < -0.4 is 10.2 Å². The minimum atomic E-state index is -0.327. The largest absolute Gasteiger partial charge is 0.368 e. The number of aryl methyl sites for hydroxylation is 1. The van der Waals surface area contributed by atoms with Crippen LogP contribution in [0, 0.1) is 0 Å². The van der Waals surface area contributed by atoms with Crippen LogP contribution in [-0.4, -0.2) is 53.8 Å². The van der Waals surface area contributed by atoms with Crippen LogP contribution in [0.2, 0.25) is 0 Å². The number of para-hydroxylation sites is 1. The maximum atomic E-state index is 12.8. The zero-order valence-corrected chi connectivity index (χ0v) is 16.1. The first-order valence-electron chi connectivity index (χ1n) is 7.93. The van der Waals surface area contributed by atoms with Crippen molar-refractivity contribution in [1.82, 2.24) is 20.0 Å². The zero-order chi connectivity index (χ0) is 16.2. The molecule has 3 rings (SSSR count). The van der Waals surface area contributed by atoms with Crippen LogP contribution in [0.5, 0.6) is 0 Å². The summed E-state index contributed by atoms with van der Waals surface area (Å²) in [5, 5.41) is 7.28. The molecule has 1 aliphatic rings. The highest BCUT2D eigenvalue weighted by atomic mass is 35.5. The number of benzene rings is 1. The zero-order valence-electron chi connectivity index (χ0n) is 14.5. The van der Waals surface area contributed by atoms with Crippen LogP contribution in [0.25, 0.3) is 0 Å². The summed E-state index contributed by atoms with van der Waals surface area (Å²) in [7, 11) is 3.68. The van der Waals surface area contributed by atoms with Crippen LogP contribution in [0.15, 0.2) is 42.7 Å². The van der Waals surface area contributed by atoms with Gasteiger partial charge in [-0.25, -0.2) is 0 Å². The van der Waals surface area contributed by atoms with Gasteiger partial charge in [0.1, 0.15) is 6.04 Å². The highest BCUT2D eigenvalue weighted by molar-refractivity contribution is 5.85. The predicted octanol–water partition coefficient (Wildman–Crippen LogP) is 1.87. The van der Waals surface area contributed by atoms with Crippen molar-refractivity contribution in [2.45, 2.75) is 6.04 Å². The predicted molar refractivity (Wildman–Crippen MR) is 105 cm³/mol. The number of hydrogen-bond acceptors (Lipinski definition) is 4. The van der Waals surface area contributed by atoms with Crippen LogP contribution in [-0.2, 0) is 11.8 Å². The summed E-state index contributed by atoms with van der Waals surface area (Å²) in [6.07, 6.45) is 3.64. The summed E-state index contributed by atoms with van der Waals surface area (Å²) in [5.74, 6) is 0.119. The van der Waals surface area contributed by atoms with E-state index in [0.29, 0.717) is 0 Å². The maximum absolute atomic E-state index is 12.8. The van der Waals surface area contributed by atoms with Crippen molar-refractivity contribution in [2.75, 3.05) is 38.1 Å². The number of rotatable bonds is 4. The Hall–Kier alpha value is -1.76. The smallest absolute Gasteiger partial charge is 0.244 e. The van der Waals surface area contributed by atoms with Crippen molar-refractivity contribution < 1.29 is 4.79 Å². The molecule has 1 N–H and O–H groups in total. The molecule has 1 saturated heterocycles. The van der Waals surface area contributed by atoms with Crippen LogP contribution in [0.4, 0.5) is 5.69 Å². The number of piperazine rings is 1. The summed E-state index contributed by atoms with van der Waals surface area (Å²) in [6, 6.07) is 10.0. The van der Waals surface area contributed by atoms with Crippen molar-refractivity contribution in [3.05, 3.63) is 48.3 Å². The molecule has 0 bridgehead atoms. The first-order valence-corrected chi connectivity index (χ1v) is 7.93. The molecule has 2 aromatic rings. The molecular weight excluding hydrogens is 361 g/mol. The lowest BCUT2D eigenvalue weighted by Gasteiger charge is -2.37. The van der Waals surface area contributed by atoms with Crippen LogP contribution in [0.3, 0.4) is 0 Å². The second-order valence-corrected chi connectivity index (χ2v) is 5.82. The van der Waals surface area contributed by atoms with Crippen molar-refractivity contribution in [1.29, 1.82) is 0 Å². The number of halogens is 2. The molecule has 1 atom stereocenters. The Balaban J connectivity index is 0.00000156. The summed E-state index contributed by atoms with van der Waals surface area (Å²) < 4.78 is 1.72. The lowest BCUT2D eigenvalue weighted by atomic mass is 10.1. The van der Waals surface area contributed by atoms with Gasteiger partial charge in [-0.05, 0) is 19.2 Å². The average Bonchev–Trinajstić information content (AvgIpc) is 3.02. The molecule has 8 heteroatoms. The fourth-order valence-electron chi connectivity index (χ4n) is 3.03. The number of amides is 1. The molecule has 1 aliphatic heterocycles. The number of likely N-dealkylation sites (N-methyl/N-ethyl adjacent to an activating group) is 1. The van der Waals surface area contributed by atoms with Gasteiger partial charge in [0.25, 0.3) is 0 Å². The molecule has 25 heavy (non-hydrogen) atoms. The summed E-state index contributed by atoms with van der Waals surface area (Å²) in [5.41, 5.74) is 2.13. The third kappa shape index (κ3) is 4.87. The lowest BCUT2D eigenvalue weighted by Crippen LogP contribution is -2.51. The molecule has 138 valence electrons. The Labute approximate surface area is 161 Å². The Morgan fingerprint density at radius 3 is 2.28 bits per heavy atom. The molecule has 0 radical (unpaired) electrons. The number of carbonyl (C=O) groups excluding carboxylic acids is 1. The normalized spacial score (nSPS) is 15.1. The molecule has 0 saturated carbocycles. The maximum Gasteiger partial charge on any atom is 0.244 e. The van der Waals surface area contributed by atoms with Crippen molar-refractivity contribution in [2.24, 2.45) is 7.05 Å². The number of anilines is 1. The standard InChI is InChI=1S/C17H23N5O.2ClH/c1-18-16(14-12-19-20(2)13-14)17(23)22-10-8-21(9-11-22)15-6-4-3-5-7-15;;/h3-7,12-13,16,18H,8-11H2,1-2H3;2*1H. The van der Waals surface area contributed by atoms with E-state index in [-0.39, 0.29) is 36.8 Å². The van der Waals surface area contributed by atoms with Crippen molar-refractivity contribution in [3.8, 4) is 0 Å². The Morgan fingerprint density at radius 2 is 1.76 bits per heavy atom. The number of carbonyl (C=O) groups is 1. The monoisotopic (exact) mass is 385 g/mol. The highest BCUT2D eigenvalue weighted by Crippen LogP contribution is 2.19. The molecule has 1 unspecified atom stereocenters. The number of aromatic nitrogens is 2. The second-order valence-electron chi connectivity index (χ2n) is 5.82. The molecule has 1 amide bonds.